The molecule has 2 aromatic heterocycles. The fraction of sp³-hybridized carbons (Fsp3) is 0.231. The predicted octanol–water partition coefficient (Wildman–Crippen LogP) is 1.67. The van der Waals surface area contributed by atoms with Gasteiger partial charge in [-0.05, 0) is 31.2 Å². The summed E-state index contributed by atoms with van der Waals surface area (Å²) in [6.07, 6.45) is 1.79. The van der Waals surface area contributed by atoms with Gasteiger partial charge in [-0.1, -0.05) is 6.07 Å². The first-order chi connectivity index (χ1) is 8.70. The van der Waals surface area contributed by atoms with Crippen LogP contribution in [0, 0.1) is 0 Å². The standard InChI is InChI=1S/C13H17N5/c1-2-18(9-10-5-3-4-8-16-10)12-7-6-11(14)13(15)17-12/h3-8H,2,9,14H2,1H3,(H2,15,17). The molecule has 18 heavy (non-hydrogen) atoms. The molecule has 0 radical (unpaired) electrons. The van der Waals surface area contributed by atoms with Gasteiger partial charge in [0.15, 0.2) is 0 Å². The summed E-state index contributed by atoms with van der Waals surface area (Å²) < 4.78 is 0. The van der Waals surface area contributed by atoms with E-state index in [2.05, 4.69) is 21.8 Å². The number of nitrogen functional groups attached to an aromatic ring is 2. The maximum absolute atomic E-state index is 5.73. The number of nitrogens with two attached hydrogens (primary N) is 2. The zero-order chi connectivity index (χ0) is 13.0. The van der Waals surface area contributed by atoms with E-state index in [1.807, 2.05) is 24.3 Å². The molecule has 0 saturated carbocycles. The lowest BCUT2D eigenvalue weighted by atomic mass is 10.3. The SMILES string of the molecule is CCN(Cc1ccccn1)c1ccc(N)c(N)n1. The molecule has 2 rings (SSSR count). The van der Waals surface area contributed by atoms with Gasteiger partial charge >= 0.3 is 0 Å². The highest BCUT2D eigenvalue weighted by Crippen LogP contribution is 2.19. The fourth-order valence-corrected chi connectivity index (χ4v) is 1.69. The van der Waals surface area contributed by atoms with Crippen molar-refractivity contribution >= 4 is 17.3 Å². The van der Waals surface area contributed by atoms with E-state index in [1.54, 1.807) is 12.3 Å². The van der Waals surface area contributed by atoms with Crippen molar-refractivity contribution in [2.45, 2.75) is 13.5 Å². The Hall–Kier alpha value is -2.30. The molecule has 2 aromatic rings. The first kappa shape index (κ1) is 12.2. The molecule has 0 aliphatic rings. The quantitative estimate of drug-likeness (QED) is 0.853. The van der Waals surface area contributed by atoms with Crippen LogP contribution in [0.5, 0.6) is 0 Å². The van der Waals surface area contributed by atoms with Crippen LogP contribution in [0.3, 0.4) is 0 Å². The maximum atomic E-state index is 5.73. The van der Waals surface area contributed by atoms with Crippen molar-refractivity contribution in [3.63, 3.8) is 0 Å². The minimum atomic E-state index is 0.368. The van der Waals surface area contributed by atoms with Crippen molar-refractivity contribution in [2.75, 3.05) is 22.9 Å². The summed E-state index contributed by atoms with van der Waals surface area (Å²) in [5, 5.41) is 0. The molecular weight excluding hydrogens is 226 g/mol. The van der Waals surface area contributed by atoms with E-state index in [9.17, 15) is 0 Å². The molecule has 0 spiro atoms. The Balaban J connectivity index is 2.20. The molecule has 0 amide bonds. The van der Waals surface area contributed by atoms with E-state index in [-0.39, 0.29) is 0 Å². The van der Waals surface area contributed by atoms with Crippen LogP contribution in [0.2, 0.25) is 0 Å². The van der Waals surface area contributed by atoms with Gasteiger partial charge in [-0.15, -0.1) is 0 Å². The molecule has 5 nitrogen and oxygen atoms in total. The Kier molecular flexibility index (Phi) is 3.62. The third-order valence-corrected chi connectivity index (χ3v) is 2.73. The minimum Gasteiger partial charge on any atom is -0.396 e. The van der Waals surface area contributed by atoms with Crippen LogP contribution in [0.25, 0.3) is 0 Å². The van der Waals surface area contributed by atoms with E-state index < -0.39 is 0 Å². The molecule has 0 saturated heterocycles. The van der Waals surface area contributed by atoms with Crippen LogP contribution in [-0.4, -0.2) is 16.5 Å². The Morgan fingerprint density at radius 3 is 2.61 bits per heavy atom. The van der Waals surface area contributed by atoms with Gasteiger partial charge in [0.25, 0.3) is 0 Å². The van der Waals surface area contributed by atoms with Crippen LogP contribution in [0.1, 0.15) is 12.6 Å². The van der Waals surface area contributed by atoms with Gasteiger partial charge in [-0.3, -0.25) is 4.98 Å². The van der Waals surface area contributed by atoms with Crippen molar-refractivity contribution < 1.29 is 0 Å². The van der Waals surface area contributed by atoms with Crippen LogP contribution in [0.15, 0.2) is 36.5 Å². The first-order valence-corrected chi connectivity index (χ1v) is 5.87. The summed E-state index contributed by atoms with van der Waals surface area (Å²) in [7, 11) is 0. The number of aromatic nitrogens is 2. The van der Waals surface area contributed by atoms with Gasteiger partial charge in [0.2, 0.25) is 0 Å². The zero-order valence-electron chi connectivity index (χ0n) is 10.4. The van der Waals surface area contributed by atoms with E-state index in [4.69, 9.17) is 11.5 Å². The molecule has 5 heteroatoms. The normalized spacial score (nSPS) is 10.3. The summed E-state index contributed by atoms with van der Waals surface area (Å²) in [5.41, 5.74) is 12.9. The van der Waals surface area contributed by atoms with Crippen LogP contribution >= 0.6 is 0 Å². The lowest BCUT2D eigenvalue weighted by Crippen LogP contribution is -2.24. The second-order valence-corrected chi connectivity index (χ2v) is 3.98. The average Bonchev–Trinajstić information content (AvgIpc) is 2.40. The van der Waals surface area contributed by atoms with Gasteiger partial charge < -0.3 is 16.4 Å². The molecule has 0 aliphatic heterocycles. The van der Waals surface area contributed by atoms with Crippen molar-refractivity contribution in [2.24, 2.45) is 0 Å². The largest absolute Gasteiger partial charge is 0.396 e. The Bertz CT molecular complexity index is 512. The highest BCUT2D eigenvalue weighted by molar-refractivity contribution is 5.62. The van der Waals surface area contributed by atoms with Crippen LogP contribution in [-0.2, 0) is 6.54 Å². The van der Waals surface area contributed by atoms with Crippen molar-refractivity contribution in [3.8, 4) is 0 Å². The van der Waals surface area contributed by atoms with Gasteiger partial charge in [0.1, 0.15) is 11.6 Å². The third kappa shape index (κ3) is 2.68. The van der Waals surface area contributed by atoms with Gasteiger partial charge in [-0.2, -0.15) is 0 Å². The van der Waals surface area contributed by atoms with Gasteiger partial charge in [0, 0.05) is 12.7 Å². The Morgan fingerprint density at radius 1 is 1.17 bits per heavy atom. The summed E-state index contributed by atoms with van der Waals surface area (Å²) in [6, 6.07) is 9.51. The molecule has 0 bridgehead atoms. The van der Waals surface area contributed by atoms with Gasteiger partial charge in [-0.25, -0.2) is 4.98 Å². The van der Waals surface area contributed by atoms with Gasteiger partial charge in [0.05, 0.1) is 17.9 Å². The van der Waals surface area contributed by atoms with Crippen molar-refractivity contribution in [1.82, 2.24) is 9.97 Å². The fourth-order valence-electron chi connectivity index (χ4n) is 1.69. The van der Waals surface area contributed by atoms with Crippen LogP contribution < -0.4 is 16.4 Å². The number of nitrogens with zero attached hydrogens (tertiary/aromatic N) is 3. The molecule has 4 N–H and O–H groups in total. The van der Waals surface area contributed by atoms with E-state index in [0.717, 1.165) is 18.1 Å². The van der Waals surface area contributed by atoms with E-state index in [1.165, 1.54) is 0 Å². The van der Waals surface area contributed by atoms with E-state index in [0.29, 0.717) is 18.1 Å². The predicted molar refractivity (Wildman–Crippen MR) is 74.0 cm³/mol. The topological polar surface area (TPSA) is 81.1 Å². The highest BCUT2D eigenvalue weighted by Gasteiger charge is 2.08. The number of rotatable bonds is 4. The van der Waals surface area contributed by atoms with Crippen molar-refractivity contribution in [3.05, 3.63) is 42.2 Å². The van der Waals surface area contributed by atoms with Crippen LogP contribution in [0.4, 0.5) is 17.3 Å². The number of hydrogen-bond acceptors (Lipinski definition) is 5. The second kappa shape index (κ2) is 5.35. The number of pyridine rings is 2. The molecule has 0 fully saturated rings. The number of anilines is 3. The number of hydrogen-bond donors (Lipinski definition) is 2. The average molecular weight is 243 g/mol. The molecule has 2 heterocycles. The van der Waals surface area contributed by atoms with E-state index >= 15 is 0 Å². The molecule has 0 atom stereocenters. The zero-order valence-corrected chi connectivity index (χ0v) is 10.4. The summed E-state index contributed by atoms with van der Waals surface area (Å²) in [4.78, 5) is 10.7. The minimum absolute atomic E-state index is 0.368. The maximum Gasteiger partial charge on any atom is 0.149 e. The molecular formula is C13H17N5. The first-order valence-electron chi connectivity index (χ1n) is 5.87. The summed E-state index contributed by atoms with van der Waals surface area (Å²) in [5.74, 6) is 1.18. The lowest BCUT2D eigenvalue weighted by Gasteiger charge is -2.22. The summed E-state index contributed by atoms with van der Waals surface area (Å²) in [6.45, 7) is 3.60. The highest BCUT2D eigenvalue weighted by atomic mass is 15.2. The monoisotopic (exact) mass is 243 g/mol. The Morgan fingerprint density at radius 2 is 2.00 bits per heavy atom. The molecule has 94 valence electrons. The third-order valence-electron chi connectivity index (χ3n) is 2.73. The lowest BCUT2D eigenvalue weighted by molar-refractivity contribution is 0.795. The second-order valence-electron chi connectivity index (χ2n) is 3.98. The molecule has 0 aliphatic carbocycles. The molecule has 0 unspecified atom stereocenters. The molecule has 0 aromatic carbocycles. The Labute approximate surface area is 106 Å². The summed E-state index contributed by atoms with van der Waals surface area (Å²) >= 11 is 0. The smallest absolute Gasteiger partial charge is 0.149 e. The van der Waals surface area contributed by atoms with Crippen molar-refractivity contribution in [1.29, 1.82) is 0 Å².